The van der Waals surface area contributed by atoms with Gasteiger partial charge in [0.1, 0.15) is 0 Å². The van der Waals surface area contributed by atoms with Crippen molar-refractivity contribution in [3.63, 3.8) is 0 Å². The molecule has 0 spiro atoms. The maximum Gasteiger partial charge on any atom is 0.230 e. The number of hydrogen-bond acceptors (Lipinski definition) is 6. The highest BCUT2D eigenvalue weighted by molar-refractivity contribution is 7.99. The fraction of sp³-hybridized carbons (Fsp3) is 0.286. The molecule has 1 N–H and O–H groups in total. The Bertz CT molecular complexity index is 1210. The van der Waals surface area contributed by atoms with Gasteiger partial charge in [0.25, 0.3) is 0 Å². The number of rotatable bonds is 6. The summed E-state index contributed by atoms with van der Waals surface area (Å²) < 4.78 is 25.1. The number of nitrogens with one attached hydrogen (secondary N) is 1. The van der Waals surface area contributed by atoms with Gasteiger partial charge in [-0.05, 0) is 55.3 Å². The van der Waals surface area contributed by atoms with Crippen molar-refractivity contribution in [2.45, 2.75) is 24.5 Å². The lowest BCUT2D eigenvalue weighted by atomic mass is 10.2. The van der Waals surface area contributed by atoms with Gasteiger partial charge in [-0.2, -0.15) is 0 Å². The Kier molecular flexibility index (Phi) is 6.36. The highest BCUT2D eigenvalue weighted by atomic mass is 35.5. The molecule has 0 unspecified atom stereocenters. The minimum Gasteiger partial charge on any atom is -0.352 e. The summed E-state index contributed by atoms with van der Waals surface area (Å²) in [5.74, 6) is 0.660. The van der Waals surface area contributed by atoms with Crippen molar-refractivity contribution in [3.8, 4) is 17.1 Å². The first kappa shape index (κ1) is 21.9. The van der Waals surface area contributed by atoms with Crippen LogP contribution in [0.1, 0.15) is 12.0 Å². The Labute approximate surface area is 190 Å². The molecule has 0 bridgehead atoms. The quantitative estimate of drug-likeness (QED) is 0.548. The molecular weight excluding hydrogens is 456 g/mol. The number of nitrogens with zero attached hydrogens (tertiary/aromatic N) is 3. The lowest BCUT2D eigenvalue weighted by Gasteiger charge is -2.12. The summed E-state index contributed by atoms with van der Waals surface area (Å²) in [5, 5.41) is 12.7. The Hall–Kier alpha value is -2.36. The maximum atomic E-state index is 12.4. The second-order valence-corrected chi connectivity index (χ2v) is 11.1. The van der Waals surface area contributed by atoms with Gasteiger partial charge in [-0.1, -0.05) is 35.5 Å². The van der Waals surface area contributed by atoms with Crippen molar-refractivity contribution in [3.05, 3.63) is 59.1 Å². The van der Waals surface area contributed by atoms with E-state index in [0.717, 1.165) is 16.8 Å². The molecule has 7 nitrogen and oxygen atoms in total. The zero-order chi connectivity index (χ0) is 22.0. The number of amides is 1. The average Bonchev–Trinajstić information content (AvgIpc) is 3.29. The number of benzene rings is 2. The molecule has 31 heavy (non-hydrogen) atoms. The second kappa shape index (κ2) is 9.02. The van der Waals surface area contributed by atoms with E-state index in [1.165, 1.54) is 11.8 Å². The van der Waals surface area contributed by atoms with Crippen LogP contribution in [0, 0.1) is 6.92 Å². The van der Waals surface area contributed by atoms with E-state index in [1.54, 1.807) is 12.1 Å². The standard InChI is InChI=1S/C21H21ClN4O3S2/c1-14-3-2-4-18(11-14)26-20(15-5-7-16(22)8-6-15)24-25-21(26)30-12-19(27)23-17-9-10-31(28,29)13-17/h2-8,11,17H,9-10,12-13H2,1H3,(H,23,27)/t17-/m1/s1. The van der Waals surface area contributed by atoms with E-state index in [9.17, 15) is 13.2 Å². The number of aromatic nitrogens is 3. The first-order valence-electron chi connectivity index (χ1n) is 9.72. The first-order valence-corrected chi connectivity index (χ1v) is 12.9. The van der Waals surface area contributed by atoms with Crippen LogP contribution in [0.25, 0.3) is 17.1 Å². The van der Waals surface area contributed by atoms with Gasteiger partial charge in [0, 0.05) is 22.3 Å². The molecule has 1 saturated heterocycles. The molecule has 162 valence electrons. The zero-order valence-corrected chi connectivity index (χ0v) is 19.2. The molecule has 2 aromatic carbocycles. The minimum absolute atomic E-state index is 0.00357. The summed E-state index contributed by atoms with van der Waals surface area (Å²) in [4.78, 5) is 12.4. The molecule has 4 rings (SSSR count). The number of carbonyl (C=O) groups excluding carboxylic acids is 1. The third-order valence-electron chi connectivity index (χ3n) is 4.93. The molecule has 1 atom stereocenters. The van der Waals surface area contributed by atoms with E-state index >= 15 is 0 Å². The largest absolute Gasteiger partial charge is 0.352 e. The molecule has 0 aliphatic carbocycles. The average molecular weight is 477 g/mol. The van der Waals surface area contributed by atoms with Crippen molar-refractivity contribution in [2.24, 2.45) is 0 Å². The third kappa shape index (κ3) is 5.28. The minimum atomic E-state index is -3.04. The van der Waals surface area contributed by atoms with Crippen LogP contribution in [0.3, 0.4) is 0 Å². The van der Waals surface area contributed by atoms with Crippen molar-refractivity contribution in [2.75, 3.05) is 17.3 Å². The molecule has 1 aliphatic heterocycles. The van der Waals surface area contributed by atoms with Gasteiger partial charge in [0.15, 0.2) is 20.8 Å². The second-order valence-electron chi connectivity index (χ2n) is 7.44. The van der Waals surface area contributed by atoms with Gasteiger partial charge < -0.3 is 5.32 Å². The fourth-order valence-electron chi connectivity index (χ4n) is 3.46. The number of thioether (sulfide) groups is 1. The van der Waals surface area contributed by atoms with Crippen LogP contribution in [0.5, 0.6) is 0 Å². The van der Waals surface area contributed by atoms with Gasteiger partial charge >= 0.3 is 0 Å². The third-order valence-corrected chi connectivity index (χ3v) is 7.87. The van der Waals surface area contributed by atoms with E-state index in [2.05, 4.69) is 15.5 Å². The number of hydrogen-bond donors (Lipinski definition) is 1. The van der Waals surface area contributed by atoms with Crippen molar-refractivity contribution in [1.29, 1.82) is 0 Å². The van der Waals surface area contributed by atoms with Crippen LogP contribution in [0.15, 0.2) is 53.7 Å². The van der Waals surface area contributed by atoms with Crippen LogP contribution >= 0.6 is 23.4 Å². The van der Waals surface area contributed by atoms with Crippen molar-refractivity contribution >= 4 is 39.1 Å². The Balaban J connectivity index is 1.57. The fourth-order valence-corrected chi connectivity index (χ4v) is 6.02. The highest BCUT2D eigenvalue weighted by Crippen LogP contribution is 2.29. The molecule has 10 heteroatoms. The summed E-state index contributed by atoms with van der Waals surface area (Å²) in [6, 6.07) is 15.0. The van der Waals surface area contributed by atoms with E-state index in [4.69, 9.17) is 11.6 Å². The van der Waals surface area contributed by atoms with Crippen molar-refractivity contribution in [1.82, 2.24) is 20.1 Å². The number of carbonyl (C=O) groups is 1. The van der Waals surface area contributed by atoms with Crippen LogP contribution in [0.4, 0.5) is 0 Å². The Morgan fingerprint density at radius 1 is 1.23 bits per heavy atom. The molecular formula is C21H21ClN4O3S2. The number of sulfone groups is 1. The zero-order valence-electron chi connectivity index (χ0n) is 16.8. The number of aryl methyl sites for hydroxylation is 1. The smallest absolute Gasteiger partial charge is 0.230 e. The Morgan fingerprint density at radius 3 is 2.68 bits per heavy atom. The SMILES string of the molecule is Cc1cccc(-n2c(SCC(=O)N[C@@H]3CCS(=O)(=O)C3)nnc2-c2ccc(Cl)cc2)c1. The summed E-state index contributed by atoms with van der Waals surface area (Å²) in [6.07, 6.45) is 0.457. The molecule has 1 aliphatic rings. The topological polar surface area (TPSA) is 94.0 Å². The molecule has 1 aromatic heterocycles. The maximum absolute atomic E-state index is 12.4. The van der Waals surface area contributed by atoms with Crippen LogP contribution in [0.2, 0.25) is 5.02 Å². The van der Waals surface area contributed by atoms with E-state index in [1.807, 2.05) is 47.9 Å². The Morgan fingerprint density at radius 2 is 2.00 bits per heavy atom. The summed E-state index contributed by atoms with van der Waals surface area (Å²) in [5.41, 5.74) is 2.83. The predicted molar refractivity (Wildman–Crippen MR) is 122 cm³/mol. The monoisotopic (exact) mass is 476 g/mol. The molecule has 3 aromatic rings. The predicted octanol–water partition coefficient (Wildman–Crippen LogP) is 3.29. The van der Waals surface area contributed by atoms with E-state index < -0.39 is 9.84 Å². The van der Waals surface area contributed by atoms with E-state index in [0.29, 0.717) is 22.4 Å². The van der Waals surface area contributed by atoms with Gasteiger partial charge in [0.05, 0.1) is 17.3 Å². The highest BCUT2D eigenvalue weighted by Gasteiger charge is 2.29. The first-order chi connectivity index (χ1) is 14.8. The summed E-state index contributed by atoms with van der Waals surface area (Å²) >= 11 is 7.28. The lowest BCUT2D eigenvalue weighted by molar-refractivity contribution is -0.119. The molecule has 0 saturated carbocycles. The molecule has 1 fully saturated rings. The summed E-state index contributed by atoms with van der Waals surface area (Å²) in [6.45, 7) is 2.01. The van der Waals surface area contributed by atoms with Gasteiger partial charge in [-0.25, -0.2) is 8.42 Å². The van der Waals surface area contributed by atoms with Gasteiger partial charge in [-0.3, -0.25) is 9.36 Å². The molecule has 0 radical (unpaired) electrons. The van der Waals surface area contributed by atoms with Crippen LogP contribution in [-0.4, -0.2) is 52.4 Å². The lowest BCUT2D eigenvalue weighted by Crippen LogP contribution is -2.36. The van der Waals surface area contributed by atoms with Gasteiger partial charge in [0.2, 0.25) is 5.91 Å². The van der Waals surface area contributed by atoms with Crippen LogP contribution in [-0.2, 0) is 14.6 Å². The normalized spacial score (nSPS) is 17.5. The number of halogens is 1. The van der Waals surface area contributed by atoms with Gasteiger partial charge in [-0.15, -0.1) is 10.2 Å². The molecule has 2 heterocycles. The van der Waals surface area contributed by atoms with Crippen molar-refractivity contribution < 1.29 is 13.2 Å². The van der Waals surface area contributed by atoms with Crippen LogP contribution < -0.4 is 5.32 Å². The summed E-state index contributed by atoms with van der Waals surface area (Å²) in [7, 11) is -3.04. The van der Waals surface area contributed by atoms with E-state index in [-0.39, 0.29) is 29.2 Å². The molecule has 1 amide bonds.